The molecular weight excluding hydrogens is 488 g/mol. The summed E-state index contributed by atoms with van der Waals surface area (Å²) in [6, 6.07) is 0. The van der Waals surface area contributed by atoms with Crippen LogP contribution in [0.15, 0.2) is 60.8 Å². The van der Waals surface area contributed by atoms with Crippen LogP contribution in [0.5, 0.6) is 0 Å². The van der Waals surface area contributed by atoms with Gasteiger partial charge in [-0.05, 0) is 41.0 Å². The molecule has 0 rings (SSSR count). The van der Waals surface area contributed by atoms with Crippen LogP contribution in [0.1, 0.15) is 54.4 Å². The third-order valence-electron chi connectivity index (χ3n) is 4.36. The molecular formula is C26H34O11. The van der Waals surface area contributed by atoms with E-state index >= 15 is 0 Å². The Morgan fingerprint density at radius 2 is 0.919 bits per heavy atom. The molecule has 11 nitrogen and oxygen atoms in total. The summed E-state index contributed by atoms with van der Waals surface area (Å²) in [5.74, 6) is -13.5. The maximum absolute atomic E-state index is 12.8. The van der Waals surface area contributed by atoms with Crippen molar-refractivity contribution in [1.82, 2.24) is 0 Å². The fraction of sp³-hybridized carbons (Fsp3) is 0.423. The summed E-state index contributed by atoms with van der Waals surface area (Å²) < 4.78 is 26.1. The Morgan fingerprint density at radius 1 is 0.622 bits per heavy atom. The lowest BCUT2D eigenvalue weighted by Gasteiger charge is -2.44. The second-order valence-electron chi connectivity index (χ2n) is 8.39. The summed E-state index contributed by atoms with van der Waals surface area (Å²) in [5, 5.41) is 11.7. The van der Waals surface area contributed by atoms with Gasteiger partial charge < -0.3 is 28.8 Å². The molecule has 0 aromatic carbocycles. The number of rotatable bonds is 14. The van der Waals surface area contributed by atoms with Crippen molar-refractivity contribution in [3.8, 4) is 0 Å². The second kappa shape index (κ2) is 13.4. The van der Waals surface area contributed by atoms with Gasteiger partial charge >= 0.3 is 41.6 Å². The molecule has 204 valence electrons. The summed E-state index contributed by atoms with van der Waals surface area (Å²) in [4.78, 5) is 63.3. The lowest BCUT2D eigenvalue weighted by atomic mass is 10.0. The highest BCUT2D eigenvalue weighted by atomic mass is 16.9. The largest absolute Gasteiger partial charge is 0.461 e. The van der Waals surface area contributed by atoms with Crippen molar-refractivity contribution in [3.63, 3.8) is 0 Å². The van der Waals surface area contributed by atoms with E-state index in [2.05, 4.69) is 32.9 Å². The summed E-state index contributed by atoms with van der Waals surface area (Å²) >= 11 is 0. The first-order valence-electron chi connectivity index (χ1n) is 11.0. The smallest absolute Gasteiger partial charge is 0.450 e. The zero-order valence-corrected chi connectivity index (χ0v) is 22.1. The van der Waals surface area contributed by atoms with Crippen LogP contribution in [0.4, 0.5) is 0 Å². The van der Waals surface area contributed by atoms with Gasteiger partial charge in [-0.15, -0.1) is 0 Å². The highest BCUT2D eigenvalue weighted by Crippen LogP contribution is 2.40. The van der Waals surface area contributed by atoms with E-state index in [1.54, 1.807) is 6.92 Å². The highest BCUT2D eigenvalue weighted by Gasteiger charge is 2.71. The number of carbonyl (C=O) groups excluding carboxylic acids is 5. The topological polar surface area (TPSA) is 152 Å². The van der Waals surface area contributed by atoms with Crippen LogP contribution in [-0.4, -0.2) is 52.8 Å². The fourth-order valence-electron chi connectivity index (χ4n) is 2.34. The summed E-state index contributed by atoms with van der Waals surface area (Å²) in [7, 11) is 0. The van der Waals surface area contributed by atoms with Crippen molar-refractivity contribution in [2.45, 2.75) is 72.2 Å². The summed E-state index contributed by atoms with van der Waals surface area (Å²) in [6.07, 6.45) is -2.07. The number of hydrogen-bond acceptors (Lipinski definition) is 11. The molecule has 0 radical (unpaired) electrons. The van der Waals surface area contributed by atoms with E-state index in [9.17, 15) is 29.1 Å². The van der Waals surface area contributed by atoms with E-state index < -0.39 is 47.7 Å². The van der Waals surface area contributed by atoms with Crippen LogP contribution in [0.2, 0.25) is 0 Å². The minimum absolute atomic E-state index is 0.131. The number of esters is 5. The molecule has 0 heterocycles. The first-order valence-corrected chi connectivity index (χ1v) is 11.0. The predicted octanol–water partition coefficient (Wildman–Crippen LogP) is 3.09. The minimum atomic E-state index is -3.75. The molecule has 1 atom stereocenters. The molecule has 0 aliphatic heterocycles. The van der Waals surface area contributed by atoms with Crippen molar-refractivity contribution in [2.75, 3.05) is 0 Å². The molecule has 0 bridgehead atoms. The zero-order valence-electron chi connectivity index (χ0n) is 22.1. The maximum Gasteiger partial charge on any atom is 0.461 e. The molecule has 0 aliphatic carbocycles. The highest BCUT2D eigenvalue weighted by molar-refractivity contribution is 5.91. The number of ether oxygens (including phenoxy) is 5. The molecule has 0 aromatic heterocycles. The average Bonchev–Trinajstić information content (AvgIpc) is 2.77. The zero-order chi connectivity index (χ0) is 29.3. The van der Waals surface area contributed by atoms with Crippen LogP contribution in [0.25, 0.3) is 0 Å². The molecule has 37 heavy (non-hydrogen) atoms. The molecule has 0 saturated carbocycles. The molecule has 1 unspecified atom stereocenters. The van der Waals surface area contributed by atoms with Gasteiger partial charge in [0, 0.05) is 27.9 Å². The van der Waals surface area contributed by atoms with Crippen LogP contribution in [0.3, 0.4) is 0 Å². The van der Waals surface area contributed by atoms with Gasteiger partial charge in [-0.2, -0.15) is 0 Å². The van der Waals surface area contributed by atoms with E-state index in [4.69, 9.17) is 23.7 Å². The molecule has 1 N–H and O–H groups in total. The number of carbonyl (C=O) groups is 5. The molecule has 0 spiro atoms. The van der Waals surface area contributed by atoms with Gasteiger partial charge in [0.15, 0.2) is 6.10 Å². The molecule has 0 fully saturated rings. The number of aliphatic hydroxyl groups is 1. The molecule has 0 aromatic rings. The van der Waals surface area contributed by atoms with Crippen LogP contribution < -0.4 is 0 Å². The van der Waals surface area contributed by atoms with E-state index in [0.717, 1.165) is 0 Å². The van der Waals surface area contributed by atoms with E-state index in [1.807, 2.05) is 0 Å². The first-order chi connectivity index (χ1) is 16.8. The lowest BCUT2D eigenvalue weighted by molar-refractivity contribution is -0.456. The lowest BCUT2D eigenvalue weighted by Crippen LogP contribution is -2.70. The Morgan fingerprint density at radius 3 is 1.19 bits per heavy atom. The van der Waals surface area contributed by atoms with Gasteiger partial charge in [-0.25, -0.2) is 24.0 Å². The first kappa shape index (κ1) is 33.0. The minimum Gasteiger partial charge on any atom is -0.450 e. The monoisotopic (exact) mass is 522 g/mol. The van der Waals surface area contributed by atoms with E-state index in [1.165, 1.54) is 34.6 Å². The quantitative estimate of drug-likeness (QED) is 0.155. The predicted molar refractivity (Wildman–Crippen MR) is 131 cm³/mol. The van der Waals surface area contributed by atoms with Crippen molar-refractivity contribution >= 4 is 29.8 Å². The molecule has 0 aliphatic rings. The van der Waals surface area contributed by atoms with Crippen LogP contribution in [0, 0.1) is 0 Å². The van der Waals surface area contributed by atoms with Crippen molar-refractivity contribution < 1.29 is 52.8 Å². The maximum atomic E-state index is 12.8. The summed E-state index contributed by atoms with van der Waals surface area (Å²) in [5.41, 5.74) is -1.30. The Balaban J connectivity index is 7.73. The Hall–Kier alpha value is -3.99. The molecule has 0 saturated heterocycles. The molecule has 0 amide bonds. The Kier molecular flexibility index (Phi) is 11.9. The van der Waals surface area contributed by atoms with Gasteiger partial charge in [0.05, 0.1) is 0 Å². The normalized spacial score (nSPS) is 11.8. The third-order valence-corrected chi connectivity index (χ3v) is 4.36. The number of hydrogen-bond donors (Lipinski definition) is 1. The van der Waals surface area contributed by atoms with Gasteiger partial charge in [0.1, 0.15) is 0 Å². The van der Waals surface area contributed by atoms with Gasteiger partial charge in [-0.3, -0.25) is 0 Å². The van der Waals surface area contributed by atoms with Gasteiger partial charge in [0.2, 0.25) is 0 Å². The SMILES string of the molecule is C=C(C)C(=O)OC(CCC)C(OC(=O)C(=C)C)(OC(=O)C(=C)C)C(O)(OC(=O)C(=C)C)OC(=O)C(=C)C. The van der Waals surface area contributed by atoms with Crippen molar-refractivity contribution in [3.05, 3.63) is 60.8 Å². The van der Waals surface area contributed by atoms with Crippen LogP contribution >= 0.6 is 0 Å². The second-order valence-corrected chi connectivity index (χ2v) is 8.39. The fourth-order valence-corrected chi connectivity index (χ4v) is 2.34. The summed E-state index contributed by atoms with van der Waals surface area (Å²) in [6.45, 7) is 24.8. The van der Waals surface area contributed by atoms with Crippen molar-refractivity contribution in [2.24, 2.45) is 0 Å². The van der Waals surface area contributed by atoms with Gasteiger partial charge in [-0.1, -0.05) is 46.2 Å². The third kappa shape index (κ3) is 8.57. The molecule has 11 heteroatoms. The Bertz CT molecular complexity index is 975. The Labute approximate surface area is 216 Å². The average molecular weight is 523 g/mol. The van der Waals surface area contributed by atoms with E-state index in [0.29, 0.717) is 0 Å². The van der Waals surface area contributed by atoms with Crippen LogP contribution in [-0.2, 0) is 47.7 Å². The standard InChI is InChI=1S/C26H34O11/c1-12-13-19(33-20(27)14(2)3)25(34-21(28)15(4)5,35-22(29)16(6)7)26(32,36-23(30)17(8)9)37-24(31)18(10)11/h19,32H,2,4,6,8,10,12-13H2,1,3,5,7,9,11H3. The van der Waals surface area contributed by atoms with E-state index in [-0.39, 0.29) is 40.7 Å². The van der Waals surface area contributed by atoms with Crippen molar-refractivity contribution in [1.29, 1.82) is 0 Å². The van der Waals surface area contributed by atoms with Gasteiger partial charge in [0.25, 0.3) is 0 Å².